The predicted molar refractivity (Wildman–Crippen MR) is 55.7 cm³/mol. The van der Waals surface area contributed by atoms with Crippen LogP contribution >= 0.6 is 15.9 Å². The summed E-state index contributed by atoms with van der Waals surface area (Å²) < 4.78 is 0. The topological polar surface area (TPSA) is 12.9 Å². The first-order valence-electron chi connectivity index (χ1n) is 4.23. The van der Waals surface area contributed by atoms with E-state index in [-0.39, 0.29) is 0 Å². The molecule has 2 heteroatoms. The highest BCUT2D eigenvalue weighted by atomic mass is 79.9. The van der Waals surface area contributed by atoms with Crippen LogP contribution < -0.4 is 0 Å². The Labute approximate surface area is 82.3 Å². The lowest BCUT2D eigenvalue weighted by Gasteiger charge is -2.05. The van der Waals surface area contributed by atoms with Crippen LogP contribution in [0, 0.1) is 6.92 Å². The second-order valence-electron chi connectivity index (χ2n) is 3.12. The van der Waals surface area contributed by atoms with Crippen molar-refractivity contribution in [3.8, 4) is 0 Å². The molecule has 1 aromatic rings. The molecule has 1 heterocycles. The Morgan fingerprint density at radius 3 is 2.92 bits per heavy atom. The van der Waals surface area contributed by atoms with E-state index in [1.165, 1.54) is 17.5 Å². The molecule has 0 aliphatic heterocycles. The molecule has 1 atom stereocenters. The van der Waals surface area contributed by atoms with Gasteiger partial charge in [-0.2, -0.15) is 0 Å². The maximum atomic E-state index is 4.11. The zero-order valence-corrected chi connectivity index (χ0v) is 9.13. The van der Waals surface area contributed by atoms with Crippen LogP contribution in [0.1, 0.15) is 24.5 Å². The molecule has 0 fully saturated rings. The molecule has 0 radical (unpaired) electrons. The summed E-state index contributed by atoms with van der Waals surface area (Å²) in [6, 6.07) is 2.06. The average molecular weight is 228 g/mol. The van der Waals surface area contributed by atoms with Crippen molar-refractivity contribution in [3.05, 3.63) is 29.6 Å². The van der Waals surface area contributed by atoms with Crippen molar-refractivity contribution < 1.29 is 0 Å². The molecular weight excluding hydrogens is 214 g/mol. The lowest BCUT2D eigenvalue weighted by Crippen LogP contribution is -1.96. The molecule has 0 N–H and O–H groups in total. The van der Waals surface area contributed by atoms with Crippen LogP contribution in [-0.2, 0) is 6.42 Å². The van der Waals surface area contributed by atoms with Crippen molar-refractivity contribution in [2.45, 2.75) is 31.5 Å². The SMILES string of the molecule is Cc1ccncc1CCC(C)Br. The number of hydrogen-bond acceptors (Lipinski definition) is 1. The van der Waals surface area contributed by atoms with Crippen molar-refractivity contribution in [1.82, 2.24) is 4.98 Å². The second-order valence-corrected chi connectivity index (χ2v) is 4.68. The van der Waals surface area contributed by atoms with Gasteiger partial charge in [0, 0.05) is 17.2 Å². The first-order chi connectivity index (χ1) is 5.70. The zero-order valence-electron chi connectivity index (χ0n) is 7.55. The quantitative estimate of drug-likeness (QED) is 0.724. The van der Waals surface area contributed by atoms with Crippen molar-refractivity contribution in [1.29, 1.82) is 0 Å². The van der Waals surface area contributed by atoms with Gasteiger partial charge in [0.1, 0.15) is 0 Å². The van der Waals surface area contributed by atoms with Crippen molar-refractivity contribution >= 4 is 15.9 Å². The van der Waals surface area contributed by atoms with Gasteiger partial charge < -0.3 is 0 Å². The summed E-state index contributed by atoms with van der Waals surface area (Å²) in [5.74, 6) is 0. The van der Waals surface area contributed by atoms with E-state index in [2.05, 4.69) is 40.8 Å². The summed E-state index contributed by atoms with van der Waals surface area (Å²) in [6.07, 6.45) is 6.10. The van der Waals surface area contributed by atoms with Crippen LogP contribution in [0.3, 0.4) is 0 Å². The summed E-state index contributed by atoms with van der Waals surface area (Å²) in [6.45, 7) is 4.31. The molecule has 0 aliphatic carbocycles. The van der Waals surface area contributed by atoms with Gasteiger partial charge in [0.25, 0.3) is 0 Å². The Morgan fingerprint density at radius 2 is 2.33 bits per heavy atom. The molecule has 1 unspecified atom stereocenters. The van der Waals surface area contributed by atoms with E-state index in [9.17, 15) is 0 Å². The van der Waals surface area contributed by atoms with Crippen LogP contribution in [0.2, 0.25) is 0 Å². The van der Waals surface area contributed by atoms with Gasteiger partial charge >= 0.3 is 0 Å². The summed E-state index contributed by atoms with van der Waals surface area (Å²) in [5.41, 5.74) is 2.71. The van der Waals surface area contributed by atoms with Gasteiger partial charge in [-0.25, -0.2) is 0 Å². The third kappa shape index (κ3) is 2.94. The first-order valence-corrected chi connectivity index (χ1v) is 5.15. The number of aromatic nitrogens is 1. The summed E-state index contributed by atoms with van der Waals surface area (Å²) in [5, 5.41) is 0. The van der Waals surface area contributed by atoms with Gasteiger partial charge in [-0.05, 0) is 37.0 Å². The fraction of sp³-hybridized carbons (Fsp3) is 0.500. The largest absolute Gasteiger partial charge is 0.264 e. The maximum Gasteiger partial charge on any atom is 0.0302 e. The number of rotatable bonds is 3. The van der Waals surface area contributed by atoms with Crippen molar-refractivity contribution in [2.24, 2.45) is 0 Å². The molecule has 0 aromatic carbocycles. The summed E-state index contributed by atoms with van der Waals surface area (Å²) >= 11 is 3.54. The Kier molecular flexibility index (Phi) is 3.73. The van der Waals surface area contributed by atoms with E-state index >= 15 is 0 Å². The highest BCUT2D eigenvalue weighted by Crippen LogP contribution is 2.12. The summed E-state index contributed by atoms with van der Waals surface area (Å²) in [7, 11) is 0. The van der Waals surface area contributed by atoms with Gasteiger partial charge in [-0.15, -0.1) is 0 Å². The number of halogens is 1. The Hall–Kier alpha value is -0.370. The maximum absolute atomic E-state index is 4.11. The molecule has 0 aliphatic rings. The lowest BCUT2D eigenvalue weighted by atomic mass is 10.1. The fourth-order valence-corrected chi connectivity index (χ4v) is 1.34. The van der Waals surface area contributed by atoms with Crippen LogP contribution in [-0.4, -0.2) is 9.81 Å². The third-order valence-corrected chi connectivity index (χ3v) is 2.42. The van der Waals surface area contributed by atoms with Gasteiger partial charge in [0.2, 0.25) is 0 Å². The van der Waals surface area contributed by atoms with E-state index in [1.54, 1.807) is 0 Å². The standard InChI is InChI=1S/C10H14BrN/c1-8-5-6-12-7-10(8)4-3-9(2)11/h5-7,9H,3-4H2,1-2H3. The number of aryl methyl sites for hydroxylation is 2. The van der Waals surface area contributed by atoms with Gasteiger partial charge in [0.15, 0.2) is 0 Å². The monoisotopic (exact) mass is 227 g/mol. The number of nitrogens with zero attached hydrogens (tertiary/aromatic N) is 1. The molecule has 12 heavy (non-hydrogen) atoms. The fourth-order valence-electron chi connectivity index (χ4n) is 1.11. The minimum Gasteiger partial charge on any atom is -0.264 e. The Bertz CT molecular complexity index is 245. The highest BCUT2D eigenvalue weighted by Gasteiger charge is 2.00. The molecule has 1 aromatic heterocycles. The van der Waals surface area contributed by atoms with E-state index in [0.29, 0.717) is 4.83 Å². The minimum absolute atomic E-state index is 0.595. The van der Waals surface area contributed by atoms with Gasteiger partial charge in [-0.3, -0.25) is 4.98 Å². The third-order valence-electron chi connectivity index (χ3n) is 1.96. The average Bonchev–Trinajstić information content (AvgIpc) is 2.03. The van der Waals surface area contributed by atoms with Crippen molar-refractivity contribution in [3.63, 3.8) is 0 Å². The highest BCUT2D eigenvalue weighted by molar-refractivity contribution is 9.09. The van der Waals surface area contributed by atoms with Crippen LogP contribution in [0.5, 0.6) is 0 Å². The minimum atomic E-state index is 0.595. The zero-order chi connectivity index (χ0) is 8.97. The first kappa shape index (κ1) is 9.72. The van der Waals surface area contributed by atoms with E-state index in [1.807, 2.05) is 12.4 Å². The molecule has 0 spiro atoms. The molecule has 0 amide bonds. The predicted octanol–water partition coefficient (Wildman–Crippen LogP) is 3.11. The van der Waals surface area contributed by atoms with Crippen molar-refractivity contribution in [2.75, 3.05) is 0 Å². The van der Waals surface area contributed by atoms with E-state index in [0.717, 1.165) is 6.42 Å². The molecule has 0 saturated carbocycles. The van der Waals surface area contributed by atoms with Crippen LogP contribution in [0.25, 0.3) is 0 Å². The molecule has 0 saturated heterocycles. The molecule has 66 valence electrons. The number of alkyl halides is 1. The second kappa shape index (κ2) is 4.61. The van der Waals surface area contributed by atoms with E-state index in [4.69, 9.17) is 0 Å². The van der Waals surface area contributed by atoms with Gasteiger partial charge in [0.05, 0.1) is 0 Å². The van der Waals surface area contributed by atoms with Crippen LogP contribution in [0.4, 0.5) is 0 Å². The smallest absolute Gasteiger partial charge is 0.0302 e. The molecular formula is C10H14BrN. The Balaban J connectivity index is 2.57. The number of pyridine rings is 1. The normalized spacial score (nSPS) is 12.9. The van der Waals surface area contributed by atoms with E-state index < -0.39 is 0 Å². The molecule has 0 bridgehead atoms. The number of hydrogen-bond donors (Lipinski definition) is 0. The molecule has 1 rings (SSSR count). The Morgan fingerprint density at radius 1 is 1.58 bits per heavy atom. The summed E-state index contributed by atoms with van der Waals surface area (Å²) in [4.78, 5) is 4.70. The van der Waals surface area contributed by atoms with Crippen LogP contribution in [0.15, 0.2) is 18.5 Å². The van der Waals surface area contributed by atoms with Gasteiger partial charge in [-0.1, -0.05) is 22.9 Å². The molecule has 1 nitrogen and oxygen atoms in total. The lowest BCUT2D eigenvalue weighted by molar-refractivity contribution is 0.813.